The zero-order valence-corrected chi connectivity index (χ0v) is 6.56. The van der Waals surface area contributed by atoms with Crippen LogP contribution in [0.2, 0.25) is 0 Å². The Kier molecular flexibility index (Phi) is 4.27. The van der Waals surface area contributed by atoms with Gasteiger partial charge in [0.1, 0.15) is 5.75 Å². The van der Waals surface area contributed by atoms with Crippen molar-refractivity contribution >= 4 is 12.6 Å². The molecular weight excluding hydrogens is 161 g/mol. The smallest absolute Gasteiger partial charge is 0.490 e. The van der Waals surface area contributed by atoms with Crippen LogP contribution in [0.25, 0.3) is 0 Å². The second-order valence-electron chi connectivity index (χ2n) is 2.03. The SMILES string of the molecule is COc1cncc(B(O)O)c1.O. The molecule has 12 heavy (non-hydrogen) atoms. The molecule has 0 aliphatic heterocycles. The van der Waals surface area contributed by atoms with Gasteiger partial charge in [-0.1, -0.05) is 0 Å². The topological polar surface area (TPSA) is 94.1 Å². The van der Waals surface area contributed by atoms with Gasteiger partial charge in [-0.05, 0) is 6.07 Å². The highest BCUT2D eigenvalue weighted by Gasteiger charge is 2.11. The molecule has 0 fully saturated rings. The largest absolute Gasteiger partial charge is 0.495 e. The minimum absolute atomic E-state index is 0. The van der Waals surface area contributed by atoms with Crippen molar-refractivity contribution in [1.29, 1.82) is 0 Å². The lowest BCUT2D eigenvalue weighted by Crippen LogP contribution is -2.29. The van der Waals surface area contributed by atoms with Gasteiger partial charge in [0.15, 0.2) is 0 Å². The summed E-state index contributed by atoms with van der Waals surface area (Å²) in [6.45, 7) is 0. The van der Waals surface area contributed by atoms with E-state index in [2.05, 4.69) is 4.98 Å². The molecule has 0 amide bonds. The van der Waals surface area contributed by atoms with E-state index in [4.69, 9.17) is 14.8 Å². The fourth-order valence-corrected chi connectivity index (χ4v) is 0.688. The first kappa shape index (κ1) is 10.9. The average Bonchev–Trinajstić information content (AvgIpc) is 2.05. The Hall–Kier alpha value is -1.11. The van der Waals surface area contributed by atoms with E-state index < -0.39 is 7.12 Å². The maximum atomic E-state index is 8.70. The maximum absolute atomic E-state index is 8.70. The van der Waals surface area contributed by atoms with Crippen LogP contribution in [0.3, 0.4) is 0 Å². The van der Waals surface area contributed by atoms with Crippen molar-refractivity contribution in [1.82, 2.24) is 4.98 Å². The average molecular weight is 171 g/mol. The molecule has 0 spiro atoms. The van der Waals surface area contributed by atoms with E-state index in [-0.39, 0.29) is 5.48 Å². The molecule has 0 saturated heterocycles. The van der Waals surface area contributed by atoms with Crippen LogP contribution in [-0.4, -0.2) is 34.7 Å². The van der Waals surface area contributed by atoms with E-state index in [0.717, 1.165) is 0 Å². The van der Waals surface area contributed by atoms with E-state index in [9.17, 15) is 0 Å². The minimum Gasteiger partial charge on any atom is -0.495 e. The lowest BCUT2D eigenvalue weighted by atomic mass is 9.82. The van der Waals surface area contributed by atoms with Gasteiger partial charge in [0.25, 0.3) is 0 Å². The third kappa shape index (κ3) is 2.50. The van der Waals surface area contributed by atoms with Gasteiger partial charge in [0.2, 0.25) is 0 Å². The molecule has 0 saturated carbocycles. The van der Waals surface area contributed by atoms with Crippen molar-refractivity contribution in [2.75, 3.05) is 7.11 Å². The van der Waals surface area contributed by atoms with Crippen molar-refractivity contribution in [2.45, 2.75) is 0 Å². The number of rotatable bonds is 2. The van der Waals surface area contributed by atoms with Crippen molar-refractivity contribution in [3.05, 3.63) is 18.5 Å². The lowest BCUT2D eigenvalue weighted by molar-refractivity contribution is 0.410. The number of ether oxygens (including phenoxy) is 1. The second-order valence-corrected chi connectivity index (χ2v) is 2.03. The third-order valence-electron chi connectivity index (χ3n) is 1.27. The molecule has 1 rings (SSSR count). The van der Waals surface area contributed by atoms with Crippen molar-refractivity contribution in [3.8, 4) is 5.75 Å². The van der Waals surface area contributed by atoms with Gasteiger partial charge in [-0.15, -0.1) is 0 Å². The Morgan fingerprint density at radius 3 is 2.58 bits per heavy atom. The summed E-state index contributed by atoms with van der Waals surface area (Å²) in [4.78, 5) is 3.73. The zero-order chi connectivity index (χ0) is 8.27. The van der Waals surface area contributed by atoms with Crippen molar-refractivity contribution in [3.63, 3.8) is 0 Å². The summed E-state index contributed by atoms with van der Waals surface area (Å²) in [5.41, 5.74) is 0.323. The van der Waals surface area contributed by atoms with Crippen LogP contribution in [-0.2, 0) is 0 Å². The van der Waals surface area contributed by atoms with Gasteiger partial charge in [-0.2, -0.15) is 0 Å². The van der Waals surface area contributed by atoms with E-state index in [0.29, 0.717) is 11.2 Å². The van der Waals surface area contributed by atoms with Crippen LogP contribution in [0.4, 0.5) is 0 Å². The Balaban J connectivity index is 0.00000121. The molecule has 1 aromatic rings. The zero-order valence-electron chi connectivity index (χ0n) is 6.56. The fraction of sp³-hybridized carbons (Fsp3) is 0.167. The molecule has 66 valence electrons. The van der Waals surface area contributed by atoms with Crippen molar-refractivity contribution < 1.29 is 20.3 Å². The van der Waals surface area contributed by atoms with Crippen LogP contribution in [0.15, 0.2) is 18.5 Å². The summed E-state index contributed by atoms with van der Waals surface area (Å²) in [5, 5.41) is 17.4. The molecule has 0 bridgehead atoms. The molecule has 0 aliphatic rings. The number of hydrogen-bond donors (Lipinski definition) is 2. The molecule has 4 N–H and O–H groups in total. The van der Waals surface area contributed by atoms with Gasteiger partial charge < -0.3 is 20.3 Å². The summed E-state index contributed by atoms with van der Waals surface area (Å²) < 4.78 is 4.82. The Morgan fingerprint density at radius 1 is 1.42 bits per heavy atom. The monoisotopic (exact) mass is 171 g/mol. The Labute approximate surface area is 70.1 Å². The molecule has 0 aromatic carbocycles. The first-order valence-electron chi connectivity index (χ1n) is 3.09. The lowest BCUT2D eigenvalue weighted by Gasteiger charge is -2.01. The summed E-state index contributed by atoms with van der Waals surface area (Å²) in [5.74, 6) is 0.510. The highest BCUT2D eigenvalue weighted by Crippen LogP contribution is 2.02. The molecule has 1 heterocycles. The molecular formula is C6H10BNO4. The van der Waals surface area contributed by atoms with Gasteiger partial charge in [-0.25, -0.2) is 0 Å². The van der Waals surface area contributed by atoms with Crippen LogP contribution in [0.5, 0.6) is 5.75 Å². The van der Waals surface area contributed by atoms with E-state index in [1.807, 2.05) is 0 Å². The number of aromatic nitrogens is 1. The van der Waals surface area contributed by atoms with E-state index in [1.165, 1.54) is 25.6 Å². The Bertz CT molecular complexity index is 243. The second kappa shape index (κ2) is 4.71. The molecule has 0 unspecified atom stereocenters. The van der Waals surface area contributed by atoms with Gasteiger partial charge in [0, 0.05) is 11.7 Å². The number of pyridine rings is 1. The van der Waals surface area contributed by atoms with Crippen LogP contribution in [0, 0.1) is 0 Å². The van der Waals surface area contributed by atoms with Crippen LogP contribution < -0.4 is 10.2 Å². The summed E-state index contributed by atoms with van der Waals surface area (Å²) in [6, 6.07) is 1.51. The summed E-state index contributed by atoms with van der Waals surface area (Å²) in [7, 11) is 0.00229. The normalized spacial score (nSPS) is 8.58. The van der Waals surface area contributed by atoms with Crippen LogP contribution >= 0.6 is 0 Å². The highest BCUT2D eigenvalue weighted by molar-refractivity contribution is 6.58. The third-order valence-corrected chi connectivity index (χ3v) is 1.27. The number of hydrogen-bond acceptors (Lipinski definition) is 4. The van der Waals surface area contributed by atoms with Crippen molar-refractivity contribution in [2.24, 2.45) is 0 Å². The van der Waals surface area contributed by atoms with Gasteiger partial charge in [0.05, 0.1) is 13.3 Å². The van der Waals surface area contributed by atoms with Crippen LogP contribution in [0.1, 0.15) is 0 Å². The van der Waals surface area contributed by atoms with E-state index in [1.54, 1.807) is 0 Å². The minimum atomic E-state index is -1.49. The molecule has 0 radical (unpaired) electrons. The highest BCUT2D eigenvalue weighted by atomic mass is 16.5. The molecule has 0 atom stereocenters. The molecule has 0 aliphatic carbocycles. The van der Waals surface area contributed by atoms with Gasteiger partial charge in [-0.3, -0.25) is 4.98 Å². The quantitative estimate of drug-likeness (QED) is 0.500. The predicted molar refractivity (Wildman–Crippen MR) is 44.2 cm³/mol. The fourth-order valence-electron chi connectivity index (χ4n) is 0.688. The predicted octanol–water partition coefficient (Wildman–Crippen LogP) is -2.05. The summed E-state index contributed by atoms with van der Waals surface area (Å²) in [6.07, 6.45) is 2.86. The first-order valence-corrected chi connectivity index (χ1v) is 3.09. The number of nitrogens with zero attached hydrogens (tertiary/aromatic N) is 1. The molecule has 1 aromatic heterocycles. The van der Waals surface area contributed by atoms with E-state index >= 15 is 0 Å². The first-order chi connectivity index (χ1) is 5.24. The number of methoxy groups -OCH3 is 1. The molecule has 6 heteroatoms. The standard InChI is InChI=1S/C6H8BNO3.H2O/c1-11-6-2-5(7(9)10)3-8-4-6;/h2-4,9-10H,1H3;1H2. The van der Waals surface area contributed by atoms with Gasteiger partial charge >= 0.3 is 7.12 Å². The Morgan fingerprint density at radius 2 is 2.08 bits per heavy atom. The maximum Gasteiger partial charge on any atom is 0.490 e. The molecule has 5 nitrogen and oxygen atoms in total. The summed E-state index contributed by atoms with van der Waals surface area (Å²) >= 11 is 0.